The minimum absolute atomic E-state index is 0.00452. The van der Waals surface area contributed by atoms with Gasteiger partial charge in [-0.1, -0.05) is 48.6 Å². The van der Waals surface area contributed by atoms with Crippen molar-refractivity contribution in [3.63, 3.8) is 0 Å². The lowest BCUT2D eigenvalue weighted by Crippen LogP contribution is -2.40. The lowest BCUT2D eigenvalue weighted by molar-refractivity contribution is -0.384. The van der Waals surface area contributed by atoms with Crippen LogP contribution in [0, 0.1) is 17.0 Å². The van der Waals surface area contributed by atoms with Gasteiger partial charge < -0.3 is 9.15 Å². The maximum atomic E-state index is 13.7. The number of nitro benzene ring substituents is 1. The fourth-order valence-electron chi connectivity index (χ4n) is 4.56. The number of carbonyl (C=O) groups is 1. The first-order valence-corrected chi connectivity index (χ1v) is 12.7. The zero-order chi connectivity index (χ0) is 27.0. The second-order valence-corrected chi connectivity index (χ2v) is 9.67. The molecule has 9 nitrogen and oxygen atoms in total. The Morgan fingerprint density at radius 2 is 1.97 bits per heavy atom. The Hall–Kier alpha value is -4.57. The maximum Gasteiger partial charge on any atom is 0.338 e. The predicted octanol–water partition coefficient (Wildman–Crippen LogP) is 4.27. The second-order valence-electron chi connectivity index (χ2n) is 8.66. The number of benzene rings is 2. The number of fused-ring (bicyclic) bond motifs is 1. The van der Waals surface area contributed by atoms with E-state index in [4.69, 9.17) is 9.15 Å². The number of rotatable bonds is 6. The molecule has 1 aliphatic rings. The summed E-state index contributed by atoms with van der Waals surface area (Å²) in [6, 6.07) is 16.7. The van der Waals surface area contributed by atoms with E-state index in [9.17, 15) is 19.7 Å². The molecule has 10 heteroatoms. The van der Waals surface area contributed by atoms with Crippen LogP contribution in [-0.2, 0) is 9.53 Å². The minimum atomic E-state index is -0.674. The van der Waals surface area contributed by atoms with Crippen LogP contribution < -0.4 is 14.9 Å². The highest BCUT2D eigenvalue weighted by Crippen LogP contribution is 2.32. The number of nitrogens with zero attached hydrogens (tertiary/aromatic N) is 3. The van der Waals surface area contributed by atoms with E-state index in [1.54, 1.807) is 31.2 Å². The van der Waals surface area contributed by atoms with Crippen LogP contribution in [0.5, 0.6) is 0 Å². The van der Waals surface area contributed by atoms with Crippen molar-refractivity contribution in [3.8, 4) is 11.3 Å². The SMILES string of the molecule is CCC1=C(C(=O)OC)[C@H](c2ccccc2)n2c(s/c(=C/c3ccc(-c4ccc([N+](=O)[O-])cc4C)o3)c2=O)=N1. The second kappa shape index (κ2) is 10.1. The summed E-state index contributed by atoms with van der Waals surface area (Å²) < 4.78 is 13.0. The van der Waals surface area contributed by atoms with Crippen molar-refractivity contribution in [1.29, 1.82) is 0 Å². The van der Waals surface area contributed by atoms with Crippen LogP contribution in [0.2, 0.25) is 0 Å². The standard InChI is InChI=1S/C28H23N3O6S/c1-4-21-24(27(33)36-3)25(17-8-6-5-7-9-17)30-26(32)23(38-28(30)29-21)15-19-11-13-22(37-19)20-12-10-18(31(34)35)14-16(20)2/h5-15,25H,4H2,1-3H3/b23-15+/t25-/m0/s1. The fraction of sp³-hybridized carbons (Fsp3) is 0.179. The Morgan fingerprint density at radius 3 is 2.63 bits per heavy atom. The van der Waals surface area contributed by atoms with Gasteiger partial charge >= 0.3 is 5.97 Å². The van der Waals surface area contributed by atoms with Crippen molar-refractivity contribution in [2.24, 2.45) is 4.99 Å². The van der Waals surface area contributed by atoms with Crippen molar-refractivity contribution in [1.82, 2.24) is 4.57 Å². The third-order valence-electron chi connectivity index (χ3n) is 6.35. The van der Waals surface area contributed by atoms with Crippen LogP contribution >= 0.6 is 11.3 Å². The van der Waals surface area contributed by atoms with Gasteiger partial charge in [0.2, 0.25) is 0 Å². The zero-order valence-electron chi connectivity index (χ0n) is 20.8. The molecule has 192 valence electrons. The van der Waals surface area contributed by atoms with Gasteiger partial charge in [-0.25, -0.2) is 9.79 Å². The van der Waals surface area contributed by atoms with Crippen molar-refractivity contribution in [2.75, 3.05) is 7.11 Å². The van der Waals surface area contributed by atoms with Gasteiger partial charge in [-0.05, 0) is 42.7 Å². The number of carbonyl (C=O) groups excluding carboxylic acids is 1. The first-order valence-electron chi connectivity index (χ1n) is 11.9. The number of nitro groups is 1. The van der Waals surface area contributed by atoms with Crippen molar-refractivity contribution in [3.05, 3.63) is 119 Å². The molecule has 1 aliphatic heterocycles. The van der Waals surface area contributed by atoms with E-state index in [2.05, 4.69) is 4.99 Å². The zero-order valence-corrected chi connectivity index (χ0v) is 21.7. The van der Waals surface area contributed by atoms with Crippen LogP contribution in [0.1, 0.15) is 36.3 Å². The summed E-state index contributed by atoms with van der Waals surface area (Å²) in [5.74, 6) is 0.449. The molecular formula is C28H23N3O6S. The van der Waals surface area contributed by atoms with Crippen molar-refractivity contribution >= 4 is 29.1 Å². The molecule has 0 saturated carbocycles. The molecule has 5 rings (SSSR count). The highest BCUT2D eigenvalue weighted by atomic mass is 32.1. The number of allylic oxidation sites excluding steroid dienone is 1. The number of aromatic nitrogens is 1. The average molecular weight is 530 g/mol. The third-order valence-corrected chi connectivity index (χ3v) is 7.33. The Morgan fingerprint density at radius 1 is 1.21 bits per heavy atom. The topological polar surface area (TPSA) is 117 Å². The number of hydrogen-bond acceptors (Lipinski definition) is 8. The molecule has 0 fully saturated rings. The molecule has 4 aromatic rings. The molecule has 0 aliphatic carbocycles. The molecule has 0 bridgehead atoms. The summed E-state index contributed by atoms with van der Waals surface area (Å²) in [5, 5.41) is 11.1. The number of methoxy groups -OCH3 is 1. The van der Waals surface area contributed by atoms with Crippen LogP contribution in [-0.4, -0.2) is 22.6 Å². The average Bonchev–Trinajstić information content (AvgIpc) is 3.51. The van der Waals surface area contributed by atoms with E-state index in [1.165, 1.54) is 35.1 Å². The van der Waals surface area contributed by atoms with Crippen LogP contribution in [0.25, 0.3) is 17.4 Å². The molecule has 38 heavy (non-hydrogen) atoms. The molecule has 0 radical (unpaired) electrons. The molecule has 0 N–H and O–H groups in total. The van der Waals surface area contributed by atoms with E-state index in [0.29, 0.717) is 44.1 Å². The van der Waals surface area contributed by atoms with E-state index in [1.807, 2.05) is 37.3 Å². The monoisotopic (exact) mass is 529 g/mol. The number of furan rings is 1. The van der Waals surface area contributed by atoms with Crippen LogP contribution in [0.4, 0.5) is 5.69 Å². The quantitative estimate of drug-likeness (QED) is 0.209. The smallest absolute Gasteiger partial charge is 0.338 e. The first kappa shape index (κ1) is 25.1. The summed E-state index contributed by atoms with van der Waals surface area (Å²) >= 11 is 1.22. The molecule has 0 saturated heterocycles. The largest absolute Gasteiger partial charge is 0.466 e. The number of non-ortho nitro benzene ring substituents is 1. The van der Waals surface area contributed by atoms with Gasteiger partial charge in [-0.3, -0.25) is 19.5 Å². The highest BCUT2D eigenvalue weighted by Gasteiger charge is 2.33. The van der Waals surface area contributed by atoms with Crippen LogP contribution in [0.15, 0.2) is 86.1 Å². The number of aryl methyl sites for hydroxylation is 1. The maximum absolute atomic E-state index is 13.7. The van der Waals surface area contributed by atoms with Crippen molar-refractivity contribution in [2.45, 2.75) is 26.3 Å². The number of ether oxygens (including phenoxy) is 1. The van der Waals surface area contributed by atoms with Crippen LogP contribution in [0.3, 0.4) is 0 Å². The van der Waals surface area contributed by atoms with Crippen molar-refractivity contribution < 1.29 is 18.9 Å². The Bertz CT molecular complexity index is 1780. The molecule has 1 atom stereocenters. The molecule has 3 heterocycles. The third kappa shape index (κ3) is 4.39. The number of thiazole rings is 1. The predicted molar refractivity (Wildman–Crippen MR) is 142 cm³/mol. The van der Waals surface area contributed by atoms with Gasteiger partial charge in [-0.15, -0.1) is 0 Å². The summed E-state index contributed by atoms with van der Waals surface area (Å²) in [6.07, 6.45) is 2.14. The molecule has 2 aromatic carbocycles. The fourth-order valence-corrected chi connectivity index (χ4v) is 5.56. The number of esters is 1. The normalized spacial score (nSPS) is 15.2. The molecule has 0 amide bonds. The van der Waals surface area contributed by atoms with Gasteiger partial charge in [0.25, 0.3) is 11.2 Å². The first-order chi connectivity index (χ1) is 18.3. The number of hydrogen-bond donors (Lipinski definition) is 0. The van der Waals surface area contributed by atoms with E-state index in [-0.39, 0.29) is 11.2 Å². The summed E-state index contributed by atoms with van der Waals surface area (Å²) in [4.78, 5) is 42.3. The summed E-state index contributed by atoms with van der Waals surface area (Å²) in [7, 11) is 1.32. The molecular weight excluding hydrogens is 506 g/mol. The van der Waals surface area contributed by atoms with Gasteiger partial charge in [-0.2, -0.15) is 0 Å². The van der Waals surface area contributed by atoms with E-state index in [0.717, 1.165) is 11.1 Å². The Kier molecular flexibility index (Phi) is 6.64. The van der Waals surface area contributed by atoms with Gasteiger partial charge in [0.05, 0.1) is 33.9 Å². The van der Waals surface area contributed by atoms with Gasteiger partial charge in [0.15, 0.2) is 4.80 Å². The Balaban J connectivity index is 1.62. The lowest BCUT2D eigenvalue weighted by atomic mass is 9.95. The summed E-state index contributed by atoms with van der Waals surface area (Å²) in [6.45, 7) is 3.68. The van der Waals surface area contributed by atoms with Gasteiger partial charge in [0.1, 0.15) is 11.5 Å². The molecule has 2 aromatic heterocycles. The molecule has 0 unspecified atom stereocenters. The Labute approximate surface area is 220 Å². The molecule has 0 spiro atoms. The highest BCUT2D eigenvalue weighted by molar-refractivity contribution is 7.07. The summed E-state index contributed by atoms with van der Waals surface area (Å²) in [5.41, 5.74) is 2.81. The van der Waals surface area contributed by atoms with E-state index >= 15 is 0 Å². The lowest BCUT2D eigenvalue weighted by Gasteiger charge is -2.25. The van der Waals surface area contributed by atoms with Gasteiger partial charge in [0, 0.05) is 23.8 Å². The van der Waals surface area contributed by atoms with E-state index < -0.39 is 16.9 Å². The minimum Gasteiger partial charge on any atom is -0.466 e.